The van der Waals surface area contributed by atoms with E-state index >= 15 is 0 Å². The smallest absolute Gasteiger partial charge is 0.318 e. The van der Waals surface area contributed by atoms with Gasteiger partial charge in [-0.25, -0.2) is 4.79 Å². The molecule has 1 fully saturated rings. The number of carbonyl (C=O) groups is 2. The zero-order chi connectivity index (χ0) is 12.7. The van der Waals surface area contributed by atoms with Crippen molar-refractivity contribution in [1.82, 2.24) is 15.5 Å². The van der Waals surface area contributed by atoms with E-state index in [1.165, 1.54) is 12.8 Å². The first kappa shape index (κ1) is 13.9. The van der Waals surface area contributed by atoms with Gasteiger partial charge in [-0.3, -0.25) is 10.1 Å². The van der Waals surface area contributed by atoms with Crippen LogP contribution in [0.3, 0.4) is 0 Å². The summed E-state index contributed by atoms with van der Waals surface area (Å²) in [7, 11) is 2.14. The van der Waals surface area contributed by atoms with Crippen LogP contribution in [0.4, 0.5) is 4.79 Å². The van der Waals surface area contributed by atoms with Gasteiger partial charge in [0.05, 0.1) is 6.54 Å². The lowest BCUT2D eigenvalue weighted by Crippen LogP contribution is -2.41. The van der Waals surface area contributed by atoms with Crippen molar-refractivity contribution in [1.29, 1.82) is 0 Å². The van der Waals surface area contributed by atoms with Crippen LogP contribution in [0.2, 0.25) is 0 Å². The van der Waals surface area contributed by atoms with E-state index in [0.29, 0.717) is 0 Å². The molecule has 98 valence electrons. The van der Waals surface area contributed by atoms with Gasteiger partial charge in [-0.05, 0) is 51.9 Å². The van der Waals surface area contributed by atoms with Crippen LogP contribution in [-0.2, 0) is 4.79 Å². The fourth-order valence-corrected chi connectivity index (χ4v) is 2.04. The molecule has 0 aromatic carbocycles. The first-order valence-electron chi connectivity index (χ1n) is 6.06. The first-order chi connectivity index (χ1) is 8.08. The maximum Gasteiger partial charge on any atom is 0.318 e. The molecule has 3 amide bonds. The summed E-state index contributed by atoms with van der Waals surface area (Å²) in [6, 6.07) is -0.799. The Morgan fingerprint density at radius 1 is 1.35 bits per heavy atom. The van der Waals surface area contributed by atoms with Gasteiger partial charge in [-0.15, -0.1) is 0 Å². The molecule has 1 aliphatic heterocycles. The molecule has 6 heteroatoms. The van der Waals surface area contributed by atoms with Gasteiger partial charge in [0, 0.05) is 0 Å². The molecule has 0 bridgehead atoms. The molecule has 0 aromatic rings. The van der Waals surface area contributed by atoms with Crippen LogP contribution < -0.4 is 16.4 Å². The lowest BCUT2D eigenvalue weighted by Gasteiger charge is -2.28. The molecular weight excluding hydrogens is 220 g/mol. The molecule has 0 radical (unpaired) electrons. The Morgan fingerprint density at radius 2 is 2.00 bits per heavy atom. The number of piperidine rings is 1. The summed E-state index contributed by atoms with van der Waals surface area (Å²) in [5, 5.41) is 5.03. The SMILES string of the molecule is CN1CCC(CCNCC(=O)NC(N)=O)CC1. The van der Waals surface area contributed by atoms with Crippen molar-refractivity contribution in [3.05, 3.63) is 0 Å². The molecule has 0 unspecified atom stereocenters. The van der Waals surface area contributed by atoms with Crippen LogP contribution in [0, 0.1) is 5.92 Å². The third kappa shape index (κ3) is 6.23. The molecule has 0 aliphatic carbocycles. The van der Waals surface area contributed by atoms with Gasteiger partial charge >= 0.3 is 6.03 Å². The Hall–Kier alpha value is -1.14. The van der Waals surface area contributed by atoms with Gasteiger partial charge in [0.1, 0.15) is 0 Å². The van der Waals surface area contributed by atoms with Gasteiger partial charge < -0.3 is 16.0 Å². The largest absolute Gasteiger partial charge is 0.351 e. The monoisotopic (exact) mass is 242 g/mol. The van der Waals surface area contributed by atoms with E-state index in [1.54, 1.807) is 0 Å². The molecule has 1 saturated heterocycles. The average molecular weight is 242 g/mol. The minimum Gasteiger partial charge on any atom is -0.351 e. The summed E-state index contributed by atoms with van der Waals surface area (Å²) in [6.07, 6.45) is 3.54. The normalized spacial score (nSPS) is 17.9. The number of imide groups is 1. The molecule has 0 spiro atoms. The maximum absolute atomic E-state index is 11.1. The average Bonchev–Trinajstić information content (AvgIpc) is 2.26. The highest BCUT2D eigenvalue weighted by molar-refractivity contribution is 5.94. The summed E-state index contributed by atoms with van der Waals surface area (Å²) >= 11 is 0. The fraction of sp³-hybridized carbons (Fsp3) is 0.818. The number of carbonyl (C=O) groups excluding carboxylic acids is 2. The standard InChI is InChI=1S/C11H22N4O2/c1-15-6-3-9(4-7-15)2-5-13-8-10(16)14-11(12)17/h9,13H,2-8H2,1H3,(H3,12,14,16,17). The topological polar surface area (TPSA) is 87.5 Å². The molecule has 6 nitrogen and oxygen atoms in total. The third-order valence-corrected chi connectivity index (χ3v) is 3.12. The van der Waals surface area contributed by atoms with E-state index in [2.05, 4.69) is 17.3 Å². The highest BCUT2D eigenvalue weighted by atomic mass is 16.2. The van der Waals surface area contributed by atoms with Crippen molar-refractivity contribution in [2.24, 2.45) is 11.7 Å². The lowest BCUT2D eigenvalue weighted by atomic mass is 9.94. The number of primary amides is 1. The van der Waals surface area contributed by atoms with E-state index < -0.39 is 6.03 Å². The second kappa shape index (κ2) is 7.24. The molecule has 0 atom stereocenters. The zero-order valence-corrected chi connectivity index (χ0v) is 10.4. The number of urea groups is 1. The Kier molecular flexibility index (Phi) is 5.93. The quantitative estimate of drug-likeness (QED) is 0.567. The first-order valence-corrected chi connectivity index (χ1v) is 6.06. The molecule has 0 saturated carbocycles. The van der Waals surface area contributed by atoms with E-state index in [-0.39, 0.29) is 12.5 Å². The van der Waals surface area contributed by atoms with Gasteiger partial charge in [0.25, 0.3) is 0 Å². The number of nitrogens with one attached hydrogen (secondary N) is 2. The van der Waals surface area contributed by atoms with Crippen molar-refractivity contribution in [3.63, 3.8) is 0 Å². The van der Waals surface area contributed by atoms with Gasteiger partial charge in [-0.1, -0.05) is 0 Å². The predicted molar refractivity (Wildman–Crippen MR) is 65.4 cm³/mol. The van der Waals surface area contributed by atoms with E-state index in [0.717, 1.165) is 32.0 Å². The highest BCUT2D eigenvalue weighted by Crippen LogP contribution is 2.18. The van der Waals surface area contributed by atoms with Crippen LogP contribution in [-0.4, -0.2) is 50.1 Å². The number of rotatable bonds is 5. The van der Waals surface area contributed by atoms with Crippen LogP contribution in [0.25, 0.3) is 0 Å². The van der Waals surface area contributed by atoms with Gasteiger partial charge in [0.15, 0.2) is 0 Å². The molecule has 1 aliphatic rings. The van der Waals surface area contributed by atoms with Crippen LogP contribution in [0.15, 0.2) is 0 Å². The lowest BCUT2D eigenvalue weighted by molar-refractivity contribution is -0.119. The predicted octanol–water partition coefficient (Wildman–Crippen LogP) is -0.497. The minimum atomic E-state index is -0.799. The third-order valence-electron chi connectivity index (χ3n) is 3.12. The Bertz CT molecular complexity index is 262. The minimum absolute atomic E-state index is 0.148. The highest BCUT2D eigenvalue weighted by Gasteiger charge is 2.15. The number of likely N-dealkylation sites (tertiary alicyclic amines) is 1. The van der Waals surface area contributed by atoms with Crippen LogP contribution in [0.5, 0.6) is 0 Å². The molecule has 17 heavy (non-hydrogen) atoms. The second-order valence-corrected chi connectivity index (χ2v) is 4.62. The van der Waals surface area contributed by atoms with Crippen molar-refractivity contribution in [2.75, 3.05) is 33.2 Å². The van der Waals surface area contributed by atoms with Crippen LogP contribution in [0.1, 0.15) is 19.3 Å². The van der Waals surface area contributed by atoms with Crippen molar-refractivity contribution >= 4 is 11.9 Å². The number of nitrogens with two attached hydrogens (primary N) is 1. The number of hydrogen-bond acceptors (Lipinski definition) is 4. The molecule has 0 aromatic heterocycles. The van der Waals surface area contributed by atoms with Gasteiger partial charge in [0.2, 0.25) is 5.91 Å². The molecule has 1 heterocycles. The summed E-state index contributed by atoms with van der Waals surface area (Å²) in [5.74, 6) is 0.374. The summed E-state index contributed by atoms with van der Waals surface area (Å²) in [5.41, 5.74) is 4.82. The van der Waals surface area contributed by atoms with Crippen molar-refractivity contribution < 1.29 is 9.59 Å². The summed E-state index contributed by atoms with van der Waals surface area (Å²) in [6.45, 7) is 3.27. The second-order valence-electron chi connectivity index (χ2n) is 4.62. The van der Waals surface area contributed by atoms with E-state index in [4.69, 9.17) is 5.73 Å². The fourth-order valence-electron chi connectivity index (χ4n) is 2.04. The molecule has 1 rings (SSSR count). The van der Waals surface area contributed by atoms with E-state index in [9.17, 15) is 9.59 Å². The van der Waals surface area contributed by atoms with Crippen LogP contribution >= 0.6 is 0 Å². The maximum atomic E-state index is 11.1. The summed E-state index contributed by atoms with van der Waals surface area (Å²) < 4.78 is 0. The molecular formula is C11H22N4O2. The Morgan fingerprint density at radius 3 is 2.59 bits per heavy atom. The Balaban J connectivity index is 2.00. The van der Waals surface area contributed by atoms with Gasteiger partial charge in [-0.2, -0.15) is 0 Å². The summed E-state index contributed by atoms with van der Waals surface area (Å²) in [4.78, 5) is 23.8. The number of nitrogens with zero attached hydrogens (tertiary/aromatic N) is 1. The molecule has 4 N–H and O–H groups in total. The zero-order valence-electron chi connectivity index (χ0n) is 10.4. The van der Waals surface area contributed by atoms with Crippen molar-refractivity contribution in [2.45, 2.75) is 19.3 Å². The Labute approximate surface area is 102 Å². The van der Waals surface area contributed by atoms with E-state index in [1.807, 2.05) is 5.32 Å². The van der Waals surface area contributed by atoms with Crippen molar-refractivity contribution in [3.8, 4) is 0 Å². The number of hydrogen-bond donors (Lipinski definition) is 3. The number of amides is 3.